The highest BCUT2D eigenvalue weighted by Gasteiger charge is 2.47. The molecule has 0 atom stereocenters. The van der Waals surface area contributed by atoms with Crippen LogP contribution in [-0.4, -0.2) is 26.2 Å². The quantitative estimate of drug-likeness (QED) is 0.505. The van der Waals surface area contributed by atoms with Gasteiger partial charge >= 0.3 is 6.18 Å². The van der Waals surface area contributed by atoms with Crippen molar-refractivity contribution in [2.75, 3.05) is 5.01 Å². The first-order valence-electron chi connectivity index (χ1n) is 9.56. The molecule has 0 radical (unpaired) electrons. The van der Waals surface area contributed by atoms with Gasteiger partial charge in [-0.15, -0.1) is 0 Å². The van der Waals surface area contributed by atoms with Crippen molar-refractivity contribution in [3.63, 3.8) is 0 Å². The Balaban J connectivity index is 1.70. The van der Waals surface area contributed by atoms with E-state index < -0.39 is 33.4 Å². The molecule has 176 valence electrons. The van der Waals surface area contributed by atoms with Crippen LogP contribution < -0.4 is 10.1 Å². The molecule has 4 rings (SSSR count). The van der Waals surface area contributed by atoms with Gasteiger partial charge in [0, 0.05) is 10.6 Å². The lowest BCUT2D eigenvalue weighted by molar-refractivity contribution is -0.114. The monoisotopic (exact) mass is 509 g/mol. The molecular weight excluding hydrogens is 495 g/mol. The van der Waals surface area contributed by atoms with Crippen LogP contribution in [0, 0.1) is 6.92 Å². The summed E-state index contributed by atoms with van der Waals surface area (Å²) in [6.07, 6.45) is -3.98. The smallest absolute Gasteiger partial charge is 0.435 e. The van der Waals surface area contributed by atoms with Crippen LogP contribution in [0.4, 0.5) is 18.9 Å². The van der Waals surface area contributed by atoms with Crippen molar-refractivity contribution in [1.82, 2.24) is 0 Å². The highest BCUT2D eigenvalue weighted by atomic mass is 35.5. The fraction of sp³-hybridized carbons (Fsp3) is 0.0909. The van der Waals surface area contributed by atoms with Crippen LogP contribution in [0.25, 0.3) is 17.4 Å². The van der Waals surface area contributed by atoms with Crippen molar-refractivity contribution >= 4 is 45.0 Å². The number of anilines is 1. The number of benzene rings is 2. The number of primary sulfonamides is 1. The fourth-order valence-corrected chi connectivity index (χ4v) is 3.88. The first-order valence-corrected chi connectivity index (χ1v) is 11.5. The number of rotatable bonds is 4. The molecule has 1 aliphatic rings. The highest BCUT2D eigenvalue weighted by Crippen LogP contribution is 2.34. The molecule has 1 amide bonds. The summed E-state index contributed by atoms with van der Waals surface area (Å²) in [6.45, 7) is 1.82. The van der Waals surface area contributed by atoms with Gasteiger partial charge in [-0.3, -0.25) is 4.79 Å². The highest BCUT2D eigenvalue weighted by molar-refractivity contribution is 7.89. The van der Waals surface area contributed by atoms with E-state index >= 15 is 0 Å². The van der Waals surface area contributed by atoms with E-state index in [9.17, 15) is 26.4 Å². The number of furan rings is 1. The zero-order valence-electron chi connectivity index (χ0n) is 17.3. The number of aryl methyl sites for hydroxylation is 1. The lowest BCUT2D eigenvalue weighted by Crippen LogP contribution is -2.25. The van der Waals surface area contributed by atoms with E-state index in [0.29, 0.717) is 21.4 Å². The van der Waals surface area contributed by atoms with Gasteiger partial charge in [-0.25, -0.2) is 13.6 Å². The summed E-state index contributed by atoms with van der Waals surface area (Å²) in [5.74, 6) is -0.717. The number of carbonyl (C=O) groups excluding carboxylic acids is 1. The topological polar surface area (TPSA) is 106 Å². The van der Waals surface area contributed by atoms with Crippen molar-refractivity contribution in [3.05, 3.63) is 76.5 Å². The molecule has 7 nitrogen and oxygen atoms in total. The molecule has 0 bridgehead atoms. The largest absolute Gasteiger partial charge is 0.457 e. The first-order chi connectivity index (χ1) is 15.8. The molecule has 0 aliphatic carbocycles. The summed E-state index contributed by atoms with van der Waals surface area (Å²) in [7, 11) is -4.02. The maximum absolute atomic E-state index is 13.7. The Morgan fingerprint density at radius 2 is 1.76 bits per heavy atom. The van der Waals surface area contributed by atoms with Gasteiger partial charge in [0.05, 0.1) is 16.2 Å². The van der Waals surface area contributed by atoms with Crippen LogP contribution in [-0.2, 0) is 14.8 Å². The number of amides is 1. The van der Waals surface area contributed by atoms with Crippen molar-refractivity contribution in [1.29, 1.82) is 0 Å². The zero-order valence-corrected chi connectivity index (χ0v) is 18.9. The molecule has 2 aromatic carbocycles. The summed E-state index contributed by atoms with van der Waals surface area (Å²) < 4.78 is 69.4. The SMILES string of the molecule is Cc1ccc(-c2ccc(C=C3C(=O)N(c4ccc(S(N)(=O)=O)cc4)N=C3C(F)(F)F)o2)cc1Cl. The van der Waals surface area contributed by atoms with E-state index in [-0.39, 0.29) is 16.3 Å². The van der Waals surface area contributed by atoms with Gasteiger partial charge in [-0.1, -0.05) is 23.7 Å². The lowest BCUT2D eigenvalue weighted by Gasteiger charge is -2.11. The predicted molar refractivity (Wildman–Crippen MR) is 121 cm³/mol. The molecule has 34 heavy (non-hydrogen) atoms. The number of hydrazone groups is 1. The van der Waals surface area contributed by atoms with Crippen molar-refractivity contribution in [3.8, 4) is 11.3 Å². The van der Waals surface area contributed by atoms with Gasteiger partial charge in [0.25, 0.3) is 5.91 Å². The van der Waals surface area contributed by atoms with Gasteiger partial charge < -0.3 is 4.42 Å². The second-order valence-corrected chi connectivity index (χ2v) is 9.29. The molecule has 0 saturated carbocycles. The molecule has 1 aromatic heterocycles. The third-order valence-corrected chi connectivity index (χ3v) is 6.26. The van der Waals surface area contributed by atoms with Crippen molar-refractivity contribution in [2.45, 2.75) is 18.0 Å². The average Bonchev–Trinajstić information content (AvgIpc) is 3.35. The van der Waals surface area contributed by atoms with Crippen molar-refractivity contribution in [2.24, 2.45) is 10.2 Å². The third kappa shape index (κ3) is 4.63. The Morgan fingerprint density at radius 3 is 2.35 bits per heavy atom. The Bertz CT molecular complexity index is 1460. The number of sulfonamides is 1. The summed E-state index contributed by atoms with van der Waals surface area (Å²) in [5, 5.41) is 9.49. The number of carbonyl (C=O) groups is 1. The van der Waals surface area contributed by atoms with Gasteiger partial charge in [0.2, 0.25) is 10.0 Å². The number of hydrogen-bond acceptors (Lipinski definition) is 5. The molecule has 2 N–H and O–H groups in total. The summed E-state index contributed by atoms with van der Waals surface area (Å²) in [5.41, 5.74) is -0.759. The van der Waals surface area contributed by atoms with E-state index in [1.54, 1.807) is 24.3 Å². The second kappa shape index (κ2) is 8.42. The number of nitrogens with two attached hydrogens (primary N) is 1. The molecule has 3 aromatic rings. The minimum absolute atomic E-state index is 0.00146. The fourth-order valence-electron chi connectivity index (χ4n) is 3.18. The van der Waals surface area contributed by atoms with E-state index in [1.165, 1.54) is 6.07 Å². The first kappa shape index (κ1) is 23.7. The van der Waals surface area contributed by atoms with Crippen LogP contribution in [0.1, 0.15) is 11.3 Å². The maximum atomic E-state index is 13.7. The minimum Gasteiger partial charge on any atom is -0.457 e. The molecule has 1 aliphatic heterocycles. The number of nitrogens with zero attached hydrogens (tertiary/aromatic N) is 2. The minimum atomic E-state index is -4.93. The summed E-state index contributed by atoms with van der Waals surface area (Å²) >= 11 is 6.12. The Morgan fingerprint density at radius 1 is 1.09 bits per heavy atom. The summed E-state index contributed by atoms with van der Waals surface area (Å²) in [4.78, 5) is 12.6. The normalized spacial score (nSPS) is 15.8. The van der Waals surface area contributed by atoms with Gasteiger partial charge in [0.15, 0.2) is 5.71 Å². The van der Waals surface area contributed by atoms with Crippen LogP contribution in [0.5, 0.6) is 0 Å². The van der Waals surface area contributed by atoms with Crippen LogP contribution in [0.2, 0.25) is 5.02 Å². The lowest BCUT2D eigenvalue weighted by atomic mass is 10.1. The van der Waals surface area contributed by atoms with E-state index in [4.69, 9.17) is 21.2 Å². The van der Waals surface area contributed by atoms with Gasteiger partial charge in [0.1, 0.15) is 11.5 Å². The Hall–Kier alpha value is -3.41. The number of hydrogen-bond donors (Lipinski definition) is 1. The number of alkyl halides is 3. The molecule has 0 saturated heterocycles. The molecule has 0 fully saturated rings. The Labute approximate surface area is 197 Å². The zero-order chi connectivity index (χ0) is 24.8. The van der Waals surface area contributed by atoms with Crippen LogP contribution >= 0.6 is 11.6 Å². The number of halogens is 4. The van der Waals surface area contributed by atoms with E-state index in [2.05, 4.69) is 5.10 Å². The van der Waals surface area contributed by atoms with Gasteiger partial charge in [-0.05, 0) is 61.0 Å². The van der Waals surface area contributed by atoms with Gasteiger partial charge in [-0.2, -0.15) is 23.3 Å². The average molecular weight is 510 g/mol. The van der Waals surface area contributed by atoms with Crippen LogP contribution in [0.3, 0.4) is 0 Å². The van der Waals surface area contributed by atoms with E-state index in [1.807, 2.05) is 6.92 Å². The molecule has 0 unspecified atom stereocenters. The Kier molecular flexibility index (Phi) is 5.88. The summed E-state index contributed by atoms with van der Waals surface area (Å²) in [6, 6.07) is 12.5. The van der Waals surface area contributed by atoms with Crippen molar-refractivity contribution < 1.29 is 30.8 Å². The maximum Gasteiger partial charge on any atom is 0.435 e. The van der Waals surface area contributed by atoms with Crippen LogP contribution in [0.15, 0.2) is 74.6 Å². The van der Waals surface area contributed by atoms with E-state index in [0.717, 1.165) is 35.9 Å². The molecular formula is C22H15ClF3N3O4S. The molecule has 0 spiro atoms. The molecule has 12 heteroatoms. The molecule has 2 heterocycles. The second-order valence-electron chi connectivity index (χ2n) is 7.33. The third-order valence-electron chi connectivity index (χ3n) is 4.93. The predicted octanol–water partition coefficient (Wildman–Crippen LogP) is 4.90. The standard InChI is InChI=1S/C22H15ClF3N3O4S/c1-12-2-3-13(10-18(12)23)19-9-6-15(33-19)11-17-20(22(24,25)26)28-29(21(17)30)14-4-7-16(8-5-14)34(27,31)32/h2-11H,1H3,(H2,27,31,32).